The third-order valence-electron chi connectivity index (χ3n) is 2.69. The molecule has 0 radical (unpaired) electrons. The maximum absolute atomic E-state index is 3.60. The lowest BCUT2D eigenvalue weighted by atomic mass is 10.1. The van der Waals surface area contributed by atoms with Crippen LogP contribution in [0.2, 0.25) is 0 Å². The highest BCUT2D eigenvalue weighted by molar-refractivity contribution is 4.84. The average Bonchev–Trinajstić information content (AvgIpc) is 2.33. The van der Waals surface area contributed by atoms with Crippen molar-refractivity contribution >= 4 is 0 Å². The van der Waals surface area contributed by atoms with Crippen LogP contribution in [-0.4, -0.2) is 30.2 Å². The first kappa shape index (κ1) is 6.62. The molecule has 0 spiro atoms. The van der Waals surface area contributed by atoms with Gasteiger partial charge in [-0.05, 0) is 32.7 Å². The first-order valence-electron chi connectivity index (χ1n) is 4.36. The molecular formula is C8H16N2. The third kappa shape index (κ3) is 1.06. The van der Waals surface area contributed by atoms with Crippen molar-refractivity contribution in [2.75, 3.05) is 13.1 Å². The molecule has 1 N–H and O–H groups in total. The zero-order valence-corrected chi connectivity index (χ0v) is 6.64. The van der Waals surface area contributed by atoms with Gasteiger partial charge in [0.05, 0.1) is 6.17 Å². The van der Waals surface area contributed by atoms with Gasteiger partial charge in [0, 0.05) is 12.6 Å². The molecule has 2 nitrogen and oxygen atoms in total. The van der Waals surface area contributed by atoms with Gasteiger partial charge in [0.2, 0.25) is 0 Å². The number of hydrogen-bond donors (Lipinski definition) is 1. The minimum absolute atomic E-state index is 0.726. The molecule has 2 rings (SSSR count). The molecule has 0 saturated carbocycles. The molecule has 10 heavy (non-hydrogen) atoms. The molecule has 2 heterocycles. The Morgan fingerprint density at radius 3 is 3.10 bits per heavy atom. The van der Waals surface area contributed by atoms with Crippen LogP contribution in [0.5, 0.6) is 0 Å². The molecule has 2 heteroatoms. The van der Waals surface area contributed by atoms with Gasteiger partial charge >= 0.3 is 0 Å². The molecule has 2 saturated heterocycles. The molecule has 2 aliphatic rings. The van der Waals surface area contributed by atoms with Gasteiger partial charge in [-0.25, -0.2) is 0 Å². The molecule has 2 fully saturated rings. The molecule has 0 aromatic heterocycles. The van der Waals surface area contributed by atoms with Gasteiger partial charge < -0.3 is 0 Å². The van der Waals surface area contributed by atoms with Crippen LogP contribution in [0.4, 0.5) is 0 Å². The van der Waals surface area contributed by atoms with E-state index >= 15 is 0 Å². The molecular weight excluding hydrogens is 124 g/mol. The van der Waals surface area contributed by atoms with Crippen molar-refractivity contribution in [2.24, 2.45) is 0 Å². The lowest BCUT2D eigenvalue weighted by Crippen LogP contribution is -2.51. The fraction of sp³-hybridized carbons (Fsp3) is 1.00. The fourth-order valence-electron chi connectivity index (χ4n) is 2.05. The molecule has 0 amide bonds. The summed E-state index contributed by atoms with van der Waals surface area (Å²) in [6, 6.07) is 0.749. The van der Waals surface area contributed by atoms with Crippen molar-refractivity contribution in [3.63, 3.8) is 0 Å². The summed E-state index contributed by atoms with van der Waals surface area (Å²) in [4.78, 5) is 2.57. The Morgan fingerprint density at radius 2 is 2.20 bits per heavy atom. The second-order valence-corrected chi connectivity index (χ2v) is 3.55. The SMILES string of the molecule is C[C@@H]1CCN2CCC[C@@H]2N1. The number of hydrogen-bond acceptors (Lipinski definition) is 2. The highest BCUT2D eigenvalue weighted by atomic mass is 15.3. The first-order chi connectivity index (χ1) is 4.86. The topological polar surface area (TPSA) is 15.3 Å². The molecule has 2 atom stereocenters. The van der Waals surface area contributed by atoms with Crippen molar-refractivity contribution in [1.29, 1.82) is 0 Å². The largest absolute Gasteiger partial charge is 0.299 e. The standard InChI is InChI=1S/C8H16N2/c1-7-4-6-10-5-2-3-8(10)9-7/h7-9H,2-6H2,1H3/t7-,8-/m1/s1. The highest BCUT2D eigenvalue weighted by Gasteiger charge is 2.28. The van der Waals surface area contributed by atoms with Crippen LogP contribution in [0.25, 0.3) is 0 Å². The van der Waals surface area contributed by atoms with E-state index in [1.165, 1.54) is 32.4 Å². The lowest BCUT2D eigenvalue weighted by Gasteiger charge is -2.34. The van der Waals surface area contributed by atoms with Gasteiger partial charge in [-0.1, -0.05) is 0 Å². The van der Waals surface area contributed by atoms with Crippen LogP contribution in [-0.2, 0) is 0 Å². The number of fused-ring (bicyclic) bond motifs is 1. The van der Waals surface area contributed by atoms with E-state index in [1.807, 2.05) is 0 Å². The molecule has 0 unspecified atom stereocenters. The van der Waals surface area contributed by atoms with Gasteiger partial charge in [0.15, 0.2) is 0 Å². The number of rotatable bonds is 0. The van der Waals surface area contributed by atoms with Gasteiger partial charge in [-0.15, -0.1) is 0 Å². The molecule has 58 valence electrons. The summed E-state index contributed by atoms with van der Waals surface area (Å²) >= 11 is 0. The second-order valence-electron chi connectivity index (χ2n) is 3.55. The van der Waals surface area contributed by atoms with Crippen molar-refractivity contribution in [1.82, 2.24) is 10.2 Å². The maximum atomic E-state index is 3.60. The molecule has 2 aliphatic heterocycles. The van der Waals surface area contributed by atoms with E-state index in [0.29, 0.717) is 0 Å². The van der Waals surface area contributed by atoms with Gasteiger partial charge in [0.25, 0.3) is 0 Å². The maximum Gasteiger partial charge on any atom is 0.0599 e. The van der Waals surface area contributed by atoms with Crippen LogP contribution < -0.4 is 5.32 Å². The average molecular weight is 140 g/mol. The summed E-state index contributed by atoms with van der Waals surface area (Å²) in [6.07, 6.45) is 4.81. The summed E-state index contributed by atoms with van der Waals surface area (Å²) in [6.45, 7) is 4.93. The Balaban J connectivity index is 1.96. The summed E-state index contributed by atoms with van der Waals surface area (Å²) in [5.74, 6) is 0. The lowest BCUT2D eigenvalue weighted by molar-refractivity contribution is 0.151. The van der Waals surface area contributed by atoms with Crippen LogP contribution in [0.15, 0.2) is 0 Å². The zero-order chi connectivity index (χ0) is 6.97. The Hall–Kier alpha value is -0.0800. The van der Waals surface area contributed by atoms with E-state index in [0.717, 1.165) is 12.2 Å². The highest BCUT2D eigenvalue weighted by Crippen LogP contribution is 2.19. The smallest absolute Gasteiger partial charge is 0.0599 e. The van der Waals surface area contributed by atoms with Gasteiger partial charge in [0.1, 0.15) is 0 Å². The first-order valence-corrected chi connectivity index (χ1v) is 4.36. The minimum Gasteiger partial charge on any atom is -0.299 e. The fourth-order valence-corrected chi connectivity index (χ4v) is 2.05. The van der Waals surface area contributed by atoms with E-state index < -0.39 is 0 Å². The summed E-state index contributed by atoms with van der Waals surface area (Å²) in [5.41, 5.74) is 0. The van der Waals surface area contributed by atoms with Crippen molar-refractivity contribution in [3.8, 4) is 0 Å². The molecule has 0 aromatic rings. The Labute approximate surface area is 62.6 Å². The summed E-state index contributed by atoms with van der Waals surface area (Å²) in [7, 11) is 0. The summed E-state index contributed by atoms with van der Waals surface area (Å²) in [5, 5.41) is 3.60. The quantitative estimate of drug-likeness (QED) is 0.535. The van der Waals surface area contributed by atoms with Crippen molar-refractivity contribution < 1.29 is 0 Å². The Kier molecular flexibility index (Phi) is 1.66. The van der Waals surface area contributed by atoms with Crippen molar-refractivity contribution in [2.45, 2.75) is 38.4 Å². The van der Waals surface area contributed by atoms with Gasteiger partial charge in [-0.3, -0.25) is 10.2 Å². The Bertz CT molecular complexity index is 124. The number of nitrogens with zero attached hydrogens (tertiary/aromatic N) is 1. The van der Waals surface area contributed by atoms with Crippen molar-refractivity contribution in [3.05, 3.63) is 0 Å². The van der Waals surface area contributed by atoms with E-state index in [-0.39, 0.29) is 0 Å². The van der Waals surface area contributed by atoms with Crippen LogP contribution in [0, 0.1) is 0 Å². The van der Waals surface area contributed by atoms with E-state index in [1.54, 1.807) is 0 Å². The Morgan fingerprint density at radius 1 is 1.30 bits per heavy atom. The predicted octanol–water partition coefficient (Wildman–Crippen LogP) is 0.790. The summed E-state index contributed by atoms with van der Waals surface area (Å²) < 4.78 is 0. The van der Waals surface area contributed by atoms with Gasteiger partial charge in [-0.2, -0.15) is 0 Å². The van der Waals surface area contributed by atoms with Crippen LogP contribution in [0.3, 0.4) is 0 Å². The minimum atomic E-state index is 0.726. The zero-order valence-electron chi connectivity index (χ0n) is 6.64. The van der Waals surface area contributed by atoms with E-state index in [4.69, 9.17) is 0 Å². The molecule has 0 bridgehead atoms. The normalized spacial score (nSPS) is 41.7. The predicted molar refractivity (Wildman–Crippen MR) is 41.8 cm³/mol. The molecule has 0 aliphatic carbocycles. The van der Waals surface area contributed by atoms with Crippen LogP contribution in [0.1, 0.15) is 26.2 Å². The van der Waals surface area contributed by atoms with E-state index in [2.05, 4.69) is 17.1 Å². The monoisotopic (exact) mass is 140 g/mol. The van der Waals surface area contributed by atoms with Crippen LogP contribution >= 0.6 is 0 Å². The third-order valence-corrected chi connectivity index (χ3v) is 2.69. The second kappa shape index (κ2) is 2.51. The van der Waals surface area contributed by atoms with E-state index in [9.17, 15) is 0 Å². The molecule has 0 aromatic carbocycles. The number of nitrogens with one attached hydrogen (secondary N) is 1.